The van der Waals surface area contributed by atoms with Crippen molar-refractivity contribution < 1.29 is 9.53 Å². The molecule has 1 atom stereocenters. The summed E-state index contributed by atoms with van der Waals surface area (Å²) >= 11 is 0. The molecule has 90 valence electrons. The monoisotopic (exact) mass is 231 g/mol. The Kier molecular flexibility index (Phi) is 3.81. The molecule has 0 saturated heterocycles. The average molecular weight is 231 g/mol. The zero-order valence-corrected chi connectivity index (χ0v) is 9.82. The number of nitrogens with one attached hydrogen (secondary N) is 1. The molecule has 0 fully saturated rings. The van der Waals surface area contributed by atoms with Crippen molar-refractivity contribution in [3.05, 3.63) is 42.5 Å². The van der Waals surface area contributed by atoms with Gasteiger partial charge in [-0.1, -0.05) is 24.8 Å². The van der Waals surface area contributed by atoms with Gasteiger partial charge in [0.05, 0.1) is 6.61 Å². The predicted octanol–water partition coefficient (Wildman–Crippen LogP) is 2.25. The van der Waals surface area contributed by atoms with Crippen LogP contribution in [0.25, 0.3) is 0 Å². The van der Waals surface area contributed by atoms with Crippen LogP contribution in [0, 0.1) is 0 Å². The van der Waals surface area contributed by atoms with E-state index in [1.165, 1.54) is 11.6 Å². The minimum atomic E-state index is -0.106. The van der Waals surface area contributed by atoms with Crippen molar-refractivity contribution in [2.45, 2.75) is 18.8 Å². The Bertz CT molecular complexity index is 414. The van der Waals surface area contributed by atoms with Gasteiger partial charge < -0.3 is 10.1 Å². The van der Waals surface area contributed by atoms with Gasteiger partial charge in [0.1, 0.15) is 5.75 Å². The Morgan fingerprint density at radius 2 is 2.35 bits per heavy atom. The molecule has 0 aliphatic carbocycles. The van der Waals surface area contributed by atoms with E-state index in [-0.39, 0.29) is 5.91 Å². The van der Waals surface area contributed by atoms with E-state index >= 15 is 0 Å². The summed E-state index contributed by atoms with van der Waals surface area (Å²) in [5.41, 5.74) is 1.26. The van der Waals surface area contributed by atoms with Crippen LogP contribution in [0.3, 0.4) is 0 Å². The highest BCUT2D eigenvalue weighted by Crippen LogP contribution is 2.34. The lowest BCUT2D eigenvalue weighted by Crippen LogP contribution is -2.25. The fourth-order valence-corrected chi connectivity index (χ4v) is 2.16. The maximum Gasteiger partial charge on any atom is 0.243 e. The molecule has 0 bridgehead atoms. The molecule has 1 N–H and O–H groups in total. The summed E-state index contributed by atoms with van der Waals surface area (Å²) in [4.78, 5) is 11.0. The van der Waals surface area contributed by atoms with Crippen LogP contribution >= 0.6 is 0 Å². The van der Waals surface area contributed by atoms with Gasteiger partial charge in [-0.2, -0.15) is 0 Å². The number of ether oxygens (including phenoxy) is 1. The number of amides is 1. The van der Waals surface area contributed by atoms with Crippen LogP contribution < -0.4 is 10.1 Å². The van der Waals surface area contributed by atoms with Gasteiger partial charge in [-0.3, -0.25) is 4.79 Å². The summed E-state index contributed by atoms with van der Waals surface area (Å²) in [6, 6.07) is 8.13. The molecule has 17 heavy (non-hydrogen) atoms. The van der Waals surface area contributed by atoms with E-state index in [1.54, 1.807) is 0 Å². The molecule has 1 aliphatic rings. The lowest BCUT2D eigenvalue weighted by atomic mass is 9.90. The highest BCUT2D eigenvalue weighted by atomic mass is 16.5. The smallest absolute Gasteiger partial charge is 0.243 e. The van der Waals surface area contributed by atoms with Crippen molar-refractivity contribution in [1.29, 1.82) is 0 Å². The van der Waals surface area contributed by atoms with Gasteiger partial charge in [-0.05, 0) is 36.5 Å². The topological polar surface area (TPSA) is 38.3 Å². The molecular formula is C14H17NO2. The number of carbonyl (C=O) groups is 1. The van der Waals surface area contributed by atoms with Gasteiger partial charge >= 0.3 is 0 Å². The normalized spacial score (nSPS) is 17.8. The number of para-hydroxylation sites is 1. The molecule has 1 amide bonds. The Morgan fingerprint density at radius 3 is 3.18 bits per heavy atom. The Hall–Kier alpha value is -1.77. The standard InChI is InChI=1S/C14H17NO2/c1-2-14(16)15-9-7-11-8-10-17-13-6-4-3-5-12(11)13/h2-6,11H,1,7-10H2,(H,15,16). The fraction of sp³-hybridized carbons (Fsp3) is 0.357. The summed E-state index contributed by atoms with van der Waals surface area (Å²) in [5, 5.41) is 2.81. The number of carbonyl (C=O) groups excluding carboxylic acids is 1. The number of hydrogen-bond donors (Lipinski definition) is 1. The summed E-state index contributed by atoms with van der Waals surface area (Å²) in [6.45, 7) is 4.88. The van der Waals surface area contributed by atoms with Crippen molar-refractivity contribution in [2.75, 3.05) is 13.2 Å². The van der Waals surface area contributed by atoms with E-state index in [4.69, 9.17) is 4.74 Å². The second-order valence-corrected chi connectivity index (χ2v) is 4.16. The number of fused-ring (bicyclic) bond motifs is 1. The Morgan fingerprint density at radius 1 is 1.53 bits per heavy atom. The minimum Gasteiger partial charge on any atom is -0.493 e. The van der Waals surface area contributed by atoms with E-state index in [2.05, 4.69) is 18.0 Å². The Labute approximate surface area is 101 Å². The van der Waals surface area contributed by atoms with Gasteiger partial charge in [-0.25, -0.2) is 0 Å². The molecule has 1 heterocycles. The van der Waals surface area contributed by atoms with Crippen LogP contribution in [0.5, 0.6) is 5.75 Å². The van der Waals surface area contributed by atoms with Gasteiger partial charge in [0, 0.05) is 6.54 Å². The van der Waals surface area contributed by atoms with Crippen molar-refractivity contribution >= 4 is 5.91 Å². The van der Waals surface area contributed by atoms with Gasteiger partial charge in [-0.15, -0.1) is 0 Å². The fourth-order valence-electron chi connectivity index (χ4n) is 2.16. The molecule has 1 aliphatic heterocycles. The van der Waals surface area contributed by atoms with E-state index in [1.807, 2.05) is 18.2 Å². The van der Waals surface area contributed by atoms with E-state index in [9.17, 15) is 4.79 Å². The van der Waals surface area contributed by atoms with Crippen LogP contribution in [0.4, 0.5) is 0 Å². The number of benzene rings is 1. The summed E-state index contributed by atoms with van der Waals surface area (Å²) < 4.78 is 5.60. The third-order valence-corrected chi connectivity index (χ3v) is 3.06. The van der Waals surface area contributed by atoms with E-state index < -0.39 is 0 Å². The van der Waals surface area contributed by atoms with Gasteiger partial charge in [0.15, 0.2) is 0 Å². The molecule has 0 spiro atoms. The molecule has 2 rings (SSSR count). The molecule has 3 nitrogen and oxygen atoms in total. The molecule has 0 radical (unpaired) electrons. The first kappa shape index (κ1) is 11.7. The second kappa shape index (κ2) is 5.53. The quantitative estimate of drug-likeness (QED) is 0.807. The number of rotatable bonds is 4. The van der Waals surface area contributed by atoms with Crippen molar-refractivity contribution in [1.82, 2.24) is 5.32 Å². The van der Waals surface area contributed by atoms with Crippen LogP contribution in [-0.4, -0.2) is 19.1 Å². The van der Waals surface area contributed by atoms with Gasteiger partial charge in [0.25, 0.3) is 0 Å². The molecule has 1 aromatic rings. The maximum absolute atomic E-state index is 11.0. The SMILES string of the molecule is C=CC(=O)NCCC1CCOc2ccccc21. The minimum absolute atomic E-state index is 0.106. The molecule has 0 aromatic heterocycles. The molecular weight excluding hydrogens is 214 g/mol. The highest BCUT2D eigenvalue weighted by molar-refractivity contribution is 5.86. The highest BCUT2D eigenvalue weighted by Gasteiger charge is 2.20. The first-order valence-corrected chi connectivity index (χ1v) is 5.93. The van der Waals surface area contributed by atoms with Gasteiger partial charge in [0.2, 0.25) is 5.91 Å². The Balaban J connectivity index is 1.94. The first-order chi connectivity index (χ1) is 8.31. The molecule has 1 unspecified atom stereocenters. The van der Waals surface area contributed by atoms with E-state index in [0.29, 0.717) is 12.5 Å². The van der Waals surface area contributed by atoms with E-state index in [0.717, 1.165) is 25.2 Å². The molecule has 0 saturated carbocycles. The van der Waals surface area contributed by atoms with Crippen molar-refractivity contribution in [3.63, 3.8) is 0 Å². The largest absolute Gasteiger partial charge is 0.493 e. The van der Waals surface area contributed by atoms with Crippen molar-refractivity contribution in [3.8, 4) is 5.75 Å². The average Bonchev–Trinajstić information content (AvgIpc) is 2.39. The van der Waals surface area contributed by atoms with Crippen LogP contribution in [0.2, 0.25) is 0 Å². The van der Waals surface area contributed by atoms with Crippen LogP contribution in [0.1, 0.15) is 24.3 Å². The maximum atomic E-state index is 11.0. The molecule has 1 aromatic carbocycles. The lowest BCUT2D eigenvalue weighted by molar-refractivity contribution is -0.116. The van der Waals surface area contributed by atoms with Crippen molar-refractivity contribution in [2.24, 2.45) is 0 Å². The zero-order valence-electron chi connectivity index (χ0n) is 9.82. The summed E-state index contributed by atoms with van der Waals surface area (Å²) in [6.07, 6.45) is 3.26. The zero-order chi connectivity index (χ0) is 12.1. The number of hydrogen-bond acceptors (Lipinski definition) is 2. The second-order valence-electron chi connectivity index (χ2n) is 4.16. The predicted molar refractivity (Wildman–Crippen MR) is 67.1 cm³/mol. The summed E-state index contributed by atoms with van der Waals surface area (Å²) in [7, 11) is 0. The third kappa shape index (κ3) is 2.87. The summed E-state index contributed by atoms with van der Waals surface area (Å²) in [5.74, 6) is 1.36. The lowest BCUT2D eigenvalue weighted by Gasteiger charge is -2.25. The first-order valence-electron chi connectivity index (χ1n) is 5.93. The molecule has 3 heteroatoms. The van der Waals surface area contributed by atoms with Crippen LogP contribution in [0.15, 0.2) is 36.9 Å². The van der Waals surface area contributed by atoms with Crippen LogP contribution in [-0.2, 0) is 4.79 Å². The third-order valence-electron chi connectivity index (χ3n) is 3.06.